The second-order valence-electron chi connectivity index (χ2n) is 8.57. The van der Waals surface area contributed by atoms with Crippen LogP contribution in [0.25, 0.3) is 0 Å². The summed E-state index contributed by atoms with van der Waals surface area (Å²) in [5, 5.41) is 0.673. The van der Waals surface area contributed by atoms with Crippen LogP contribution in [0.4, 0.5) is 0 Å². The number of benzene rings is 2. The number of methoxy groups -OCH3 is 1. The minimum atomic E-state index is -3.58. The zero-order valence-corrected chi connectivity index (χ0v) is 20.4. The number of carbonyl (C=O) groups is 1. The Kier molecular flexibility index (Phi) is 7.58. The Labute approximate surface area is 200 Å². The highest BCUT2D eigenvalue weighted by molar-refractivity contribution is 7.89. The van der Waals surface area contributed by atoms with E-state index >= 15 is 0 Å². The number of rotatable bonds is 6. The summed E-state index contributed by atoms with van der Waals surface area (Å²) < 4.78 is 32.9. The van der Waals surface area contributed by atoms with Crippen LogP contribution in [-0.2, 0) is 21.4 Å². The third-order valence-electron chi connectivity index (χ3n) is 6.43. The van der Waals surface area contributed by atoms with E-state index in [4.69, 9.17) is 16.3 Å². The summed E-state index contributed by atoms with van der Waals surface area (Å²) in [6.45, 7) is 4.16. The van der Waals surface area contributed by atoms with Gasteiger partial charge in [-0.15, -0.1) is 0 Å². The maximum atomic E-state index is 13.2. The predicted molar refractivity (Wildman–Crippen MR) is 128 cm³/mol. The molecular formula is C24H30ClN3O4S. The van der Waals surface area contributed by atoms with E-state index in [0.29, 0.717) is 37.6 Å². The normalized spacial score (nSPS) is 20.5. The van der Waals surface area contributed by atoms with Crippen molar-refractivity contribution in [3.8, 4) is 5.75 Å². The molecule has 2 aliphatic rings. The summed E-state index contributed by atoms with van der Waals surface area (Å²) in [4.78, 5) is 17.7. The minimum Gasteiger partial charge on any atom is -0.496 e. The van der Waals surface area contributed by atoms with E-state index in [2.05, 4.69) is 4.90 Å². The van der Waals surface area contributed by atoms with E-state index in [1.807, 2.05) is 23.1 Å². The summed E-state index contributed by atoms with van der Waals surface area (Å²) in [7, 11) is -1.93. The van der Waals surface area contributed by atoms with E-state index in [-0.39, 0.29) is 23.3 Å². The third kappa shape index (κ3) is 5.51. The molecule has 1 unspecified atom stereocenters. The molecular weight excluding hydrogens is 462 g/mol. The summed E-state index contributed by atoms with van der Waals surface area (Å²) >= 11 is 6.15. The smallest absolute Gasteiger partial charge is 0.243 e. The van der Waals surface area contributed by atoms with Crippen molar-refractivity contribution in [2.24, 2.45) is 5.92 Å². The predicted octanol–water partition coefficient (Wildman–Crippen LogP) is 3.09. The van der Waals surface area contributed by atoms with Gasteiger partial charge in [-0.05, 0) is 43.2 Å². The number of piperidine rings is 1. The molecule has 0 spiro atoms. The van der Waals surface area contributed by atoms with Gasteiger partial charge in [0.2, 0.25) is 15.9 Å². The molecule has 1 atom stereocenters. The molecule has 2 fully saturated rings. The monoisotopic (exact) mass is 491 g/mol. The van der Waals surface area contributed by atoms with Crippen LogP contribution >= 0.6 is 11.6 Å². The van der Waals surface area contributed by atoms with Crippen molar-refractivity contribution in [3.05, 3.63) is 59.1 Å². The summed E-state index contributed by atoms with van der Waals surface area (Å²) in [6.07, 6.45) is 1.41. The third-order valence-corrected chi connectivity index (χ3v) is 8.55. The van der Waals surface area contributed by atoms with Crippen molar-refractivity contribution in [2.75, 3.05) is 46.4 Å². The van der Waals surface area contributed by atoms with Gasteiger partial charge in [-0.3, -0.25) is 9.69 Å². The van der Waals surface area contributed by atoms with Crippen molar-refractivity contribution in [2.45, 2.75) is 24.3 Å². The number of hydrogen-bond donors (Lipinski definition) is 0. The van der Waals surface area contributed by atoms with Crippen molar-refractivity contribution >= 4 is 27.5 Å². The first-order valence-electron chi connectivity index (χ1n) is 11.3. The van der Waals surface area contributed by atoms with Gasteiger partial charge >= 0.3 is 0 Å². The fraction of sp³-hybridized carbons (Fsp3) is 0.458. The van der Waals surface area contributed by atoms with Crippen LogP contribution in [0, 0.1) is 5.92 Å². The molecule has 2 aromatic rings. The largest absolute Gasteiger partial charge is 0.496 e. The average molecular weight is 492 g/mol. The number of ether oxygens (including phenoxy) is 1. The molecule has 0 N–H and O–H groups in total. The molecule has 2 aliphatic heterocycles. The van der Waals surface area contributed by atoms with Gasteiger partial charge in [0, 0.05) is 56.4 Å². The second kappa shape index (κ2) is 10.4. The fourth-order valence-electron chi connectivity index (χ4n) is 4.60. The maximum Gasteiger partial charge on any atom is 0.243 e. The Morgan fingerprint density at radius 2 is 1.79 bits per heavy atom. The molecule has 0 aliphatic carbocycles. The van der Waals surface area contributed by atoms with E-state index in [0.717, 1.165) is 30.8 Å². The lowest BCUT2D eigenvalue weighted by atomic mass is 9.97. The molecule has 2 aromatic carbocycles. The molecule has 7 nitrogen and oxygen atoms in total. The molecule has 4 rings (SSSR count). The van der Waals surface area contributed by atoms with Crippen LogP contribution in [0.2, 0.25) is 5.02 Å². The molecule has 1 amide bonds. The molecule has 33 heavy (non-hydrogen) atoms. The first kappa shape index (κ1) is 24.0. The fourth-order valence-corrected chi connectivity index (χ4v) is 6.34. The van der Waals surface area contributed by atoms with Gasteiger partial charge in [0.05, 0.1) is 17.9 Å². The number of halogens is 1. The Hall–Kier alpha value is -2.13. The number of carbonyl (C=O) groups excluding carboxylic acids is 1. The first-order valence-corrected chi connectivity index (χ1v) is 13.1. The van der Waals surface area contributed by atoms with Gasteiger partial charge in [-0.2, -0.15) is 4.31 Å². The number of hydrogen-bond acceptors (Lipinski definition) is 5. The minimum absolute atomic E-state index is 0.0583. The maximum absolute atomic E-state index is 13.2. The van der Waals surface area contributed by atoms with Crippen molar-refractivity contribution in [1.29, 1.82) is 0 Å². The number of amides is 1. The summed E-state index contributed by atoms with van der Waals surface area (Å²) in [5.74, 6) is 0.569. The van der Waals surface area contributed by atoms with Gasteiger partial charge in [0.15, 0.2) is 0 Å². The number of sulfonamides is 1. The highest BCUT2D eigenvalue weighted by Gasteiger charge is 2.35. The summed E-state index contributed by atoms with van der Waals surface area (Å²) in [6, 6.07) is 14.0. The molecule has 2 heterocycles. The number of nitrogens with zero attached hydrogens (tertiary/aromatic N) is 3. The molecule has 0 aromatic heterocycles. The zero-order valence-electron chi connectivity index (χ0n) is 18.8. The Morgan fingerprint density at radius 1 is 1.06 bits per heavy atom. The molecule has 9 heteroatoms. The Balaban J connectivity index is 1.34. The SMILES string of the molecule is COc1ccc(Cl)cc1CN1CCN(C(=O)C2CCCN(S(=O)(=O)c3ccccc3)C2)CC1. The van der Waals surface area contributed by atoms with Crippen molar-refractivity contribution in [3.63, 3.8) is 0 Å². The highest BCUT2D eigenvalue weighted by Crippen LogP contribution is 2.27. The Bertz CT molecular complexity index is 1070. The first-order chi connectivity index (χ1) is 15.9. The molecule has 0 saturated carbocycles. The van der Waals surface area contributed by atoms with Crippen LogP contribution in [0.15, 0.2) is 53.4 Å². The lowest BCUT2D eigenvalue weighted by molar-refractivity contribution is -0.138. The average Bonchev–Trinajstić information content (AvgIpc) is 2.85. The van der Waals surface area contributed by atoms with Crippen LogP contribution in [0.1, 0.15) is 18.4 Å². The van der Waals surface area contributed by atoms with Crippen LogP contribution in [0.5, 0.6) is 5.75 Å². The van der Waals surface area contributed by atoms with E-state index in [1.54, 1.807) is 37.4 Å². The van der Waals surface area contributed by atoms with Gasteiger partial charge in [-0.25, -0.2) is 8.42 Å². The highest BCUT2D eigenvalue weighted by atomic mass is 35.5. The van der Waals surface area contributed by atoms with Gasteiger partial charge in [0.1, 0.15) is 5.75 Å². The van der Waals surface area contributed by atoms with Gasteiger partial charge in [-0.1, -0.05) is 29.8 Å². The molecule has 0 bridgehead atoms. The van der Waals surface area contributed by atoms with Gasteiger partial charge < -0.3 is 9.64 Å². The van der Waals surface area contributed by atoms with Crippen molar-refractivity contribution < 1.29 is 17.9 Å². The van der Waals surface area contributed by atoms with Crippen LogP contribution in [0.3, 0.4) is 0 Å². The lowest BCUT2D eigenvalue weighted by Crippen LogP contribution is -2.52. The van der Waals surface area contributed by atoms with E-state index in [9.17, 15) is 13.2 Å². The van der Waals surface area contributed by atoms with E-state index < -0.39 is 10.0 Å². The Morgan fingerprint density at radius 3 is 2.48 bits per heavy atom. The standard InChI is InChI=1S/C24H30ClN3O4S/c1-32-23-10-9-21(25)16-20(23)17-26-12-14-27(15-13-26)24(29)19-6-5-11-28(18-19)33(30,31)22-7-3-2-4-8-22/h2-4,7-10,16,19H,5-6,11-15,17-18H2,1H3. The van der Waals surface area contributed by atoms with Crippen molar-refractivity contribution in [1.82, 2.24) is 14.1 Å². The second-order valence-corrected chi connectivity index (χ2v) is 10.9. The lowest BCUT2D eigenvalue weighted by Gasteiger charge is -2.38. The molecule has 178 valence electrons. The molecule has 2 saturated heterocycles. The van der Waals surface area contributed by atoms with Gasteiger partial charge in [0.25, 0.3) is 0 Å². The summed E-state index contributed by atoms with van der Waals surface area (Å²) in [5.41, 5.74) is 1.03. The van der Waals surface area contributed by atoms with Crippen LogP contribution in [-0.4, -0.2) is 74.8 Å². The number of piperazine rings is 1. The molecule has 0 radical (unpaired) electrons. The van der Waals surface area contributed by atoms with Crippen LogP contribution < -0.4 is 4.74 Å². The van der Waals surface area contributed by atoms with E-state index in [1.165, 1.54) is 4.31 Å². The zero-order chi connectivity index (χ0) is 23.4. The topological polar surface area (TPSA) is 70.2 Å². The quantitative estimate of drug-likeness (QED) is 0.621.